The quantitative estimate of drug-likeness (QED) is 0.814. The van der Waals surface area contributed by atoms with Crippen LogP contribution in [-0.2, 0) is 10.2 Å². The van der Waals surface area contributed by atoms with Gasteiger partial charge >= 0.3 is 0 Å². The lowest BCUT2D eigenvalue weighted by Gasteiger charge is -2.32. The van der Waals surface area contributed by atoms with Crippen LogP contribution in [0.2, 0.25) is 0 Å². The average molecular weight is 236 g/mol. The van der Waals surface area contributed by atoms with E-state index in [0.717, 1.165) is 25.0 Å². The van der Waals surface area contributed by atoms with Gasteiger partial charge in [0.05, 0.1) is 19.3 Å². The van der Waals surface area contributed by atoms with Crippen molar-refractivity contribution in [3.05, 3.63) is 35.9 Å². The van der Waals surface area contributed by atoms with Gasteiger partial charge in [0.2, 0.25) is 0 Å². The van der Waals surface area contributed by atoms with E-state index >= 15 is 0 Å². The van der Waals surface area contributed by atoms with Crippen LogP contribution < -0.4 is 0 Å². The molecule has 1 heterocycles. The van der Waals surface area contributed by atoms with Gasteiger partial charge in [0, 0.05) is 12.0 Å². The summed E-state index contributed by atoms with van der Waals surface area (Å²) in [5.41, 5.74) is 0.413. The van der Waals surface area contributed by atoms with E-state index in [9.17, 15) is 10.2 Å². The van der Waals surface area contributed by atoms with Gasteiger partial charge in [-0.3, -0.25) is 0 Å². The number of hydrogen-bond donors (Lipinski definition) is 2. The van der Waals surface area contributed by atoms with Crippen molar-refractivity contribution in [2.45, 2.75) is 30.8 Å². The van der Waals surface area contributed by atoms with E-state index in [0.29, 0.717) is 6.42 Å². The Balaban J connectivity index is 2.19. The van der Waals surface area contributed by atoms with Gasteiger partial charge in [-0.1, -0.05) is 30.3 Å². The number of ether oxygens (including phenoxy) is 1. The van der Waals surface area contributed by atoms with E-state index in [1.165, 1.54) is 0 Å². The van der Waals surface area contributed by atoms with E-state index < -0.39 is 5.41 Å². The first kappa shape index (κ1) is 12.6. The van der Waals surface area contributed by atoms with Crippen LogP contribution in [0, 0.1) is 0 Å². The summed E-state index contributed by atoms with van der Waals surface area (Å²) in [6.45, 7) is 0.702. The predicted octanol–water partition coefficient (Wildman–Crippen LogP) is 1.48. The zero-order valence-electron chi connectivity index (χ0n) is 10.0. The van der Waals surface area contributed by atoms with Gasteiger partial charge < -0.3 is 14.9 Å². The van der Waals surface area contributed by atoms with Crippen LogP contribution in [0.1, 0.15) is 24.8 Å². The minimum atomic E-state index is -0.573. The highest BCUT2D eigenvalue weighted by Crippen LogP contribution is 2.32. The van der Waals surface area contributed by atoms with Crippen LogP contribution in [0.4, 0.5) is 0 Å². The predicted molar refractivity (Wildman–Crippen MR) is 65.9 cm³/mol. The third-order valence-electron chi connectivity index (χ3n) is 3.63. The van der Waals surface area contributed by atoms with Gasteiger partial charge in [-0.2, -0.15) is 0 Å². The molecule has 1 unspecified atom stereocenters. The van der Waals surface area contributed by atoms with Gasteiger partial charge in [-0.15, -0.1) is 0 Å². The lowest BCUT2D eigenvalue weighted by molar-refractivity contribution is 0.0389. The van der Waals surface area contributed by atoms with Gasteiger partial charge in [0.15, 0.2) is 0 Å². The van der Waals surface area contributed by atoms with Crippen molar-refractivity contribution in [1.82, 2.24) is 0 Å². The molecule has 1 atom stereocenters. The molecular formula is C14H20O3. The largest absolute Gasteiger partial charge is 0.395 e. The summed E-state index contributed by atoms with van der Waals surface area (Å²) in [6.07, 6.45) is 2.94. The molecule has 0 amide bonds. The van der Waals surface area contributed by atoms with Crippen molar-refractivity contribution >= 4 is 0 Å². The van der Waals surface area contributed by atoms with E-state index in [1.54, 1.807) is 0 Å². The second-order valence-electron chi connectivity index (χ2n) is 4.80. The molecular weight excluding hydrogens is 216 g/mol. The summed E-state index contributed by atoms with van der Waals surface area (Å²) in [5, 5.41) is 19.3. The van der Waals surface area contributed by atoms with Crippen molar-refractivity contribution in [2.75, 3.05) is 19.8 Å². The Kier molecular flexibility index (Phi) is 4.15. The van der Waals surface area contributed by atoms with E-state index in [-0.39, 0.29) is 19.3 Å². The highest BCUT2D eigenvalue weighted by molar-refractivity contribution is 5.26. The van der Waals surface area contributed by atoms with Gasteiger partial charge in [-0.25, -0.2) is 0 Å². The summed E-state index contributed by atoms with van der Waals surface area (Å²) < 4.78 is 5.61. The topological polar surface area (TPSA) is 49.7 Å². The van der Waals surface area contributed by atoms with Gasteiger partial charge in [0.25, 0.3) is 0 Å². The van der Waals surface area contributed by atoms with Crippen LogP contribution >= 0.6 is 0 Å². The number of aliphatic hydroxyl groups is 2. The first-order valence-corrected chi connectivity index (χ1v) is 6.19. The molecule has 0 spiro atoms. The minimum absolute atomic E-state index is 0.0482. The molecule has 3 nitrogen and oxygen atoms in total. The molecule has 2 N–H and O–H groups in total. The summed E-state index contributed by atoms with van der Waals surface area (Å²) >= 11 is 0. The zero-order chi connectivity index (χ0) is 12.1. The molecule has 1 aliphatic heterocycles. The summed E-state index contributed by atoms with van der Waals surface area (Å²) in [4.78, 5) is 0. The smallest absolute Gasteiger partial charge is 0.0586 e. The Morgan fingerprint density at radius 2 is 1.88 bits per heavy atom. The standard InChI is InChI=1S/C14H20O3/c15-10-14(11-16,9-13-7-4-8-17-13)12-5-2-1-3-6-12/h1-3,5-6,13,15-16H,4,7-11H2. The Hall–Kier alpha value is -0.900. The highest BCUT2D eigenvalue weighted by atomic mass is 16.5. The molecule has 0 aromatic heterocycles. The van der Waals surface area contributed by atoms with Crippen molar-refractivity contribution < 1.29 is 14.9 Å². The molecule has 2 rings (SSSR count). The highest BCUT2D eigenvalue weighted by Gasteiger charge is 2.35. The van der Waals surface area contributed by atoms with Crippen LogP contribution in [-0.4, -0.2) is 36.1 Å². The van der Waals surface area contributed by atoms with Crippen LogP contribution in [0.25, 0.3) is 0 Å². The third kappa shape index (κ3) is 2.68. The fourth-order valence-electron chi connectivity index (χ4n) is 2.51. The molecule has 1 aromatic carbocycles. The SMILES string of the molecule is OCC(CO)(CC1CCCO1)c1ccccc1. The summed E-state index contributed by atoms with van der Waals surface area (Å²) in [5.74, 6) is 0. The summed E-state index contributed by atoms with van der Waals surface area (Å²) in [6, 6.07) is 9.73. The number of aliphatic hydroxyl groups excluding tert-OH is 2. The van der Waals surface area contributed by atoms with Crippen molar-refractivity contribution in [2.24, 2.45) is 0 Å². The van der Waals surface area contributed by atoms with Crippen LogP contribution in [0.3, 0.4) is 0 Å². The molecule has 1 saturated heterocycles. The van der Waals surface area contributed by atoms with Crippen molar-refractivity contribution in [1.29, 1.82) is 0 Å². The maximum atomic E-state index is 9.67. The Morgan fingerprint density at radius 1 is 1.18 bits per heavy atom. The molecule has 0 radical (unpaired) electrons. The lowest BCUT2D eigenvalue weighted by atomic mass is 9.77. The Labute approximate surface area is 102 Å². The van der Waals surface area contributed by atoms with Crippen molar-refractivity contribution in [3.63, 3.8) is 0 Å². The molecule has 1 fully saturated rings. The fourth-order valence-corrected chi connectivity index (χ4v) is 2.51. The second kappa shape index (κ2) is 5.63. The van der Waals surface area contributed by atoms with Crippen molar-refractivity contribution in [3.8, 4) is 0 Å². The lowest BCUT2D eigenvalue weighted by Crippen LogP contribution is -2.38. The molecule has 0 saturated carbocycles. The van der Waals surface area contributed by atoms with Crippen LogP contribution in [0.5, 0.6) is 0 Å². The molecule has 0 bridgehead atoms. The number of rotatable bonds is 5. The normalized spacial score (nSPS) is 20.7. The molecule has 17 heavy (non-hydrogen) atoms. The molecule has 1 aliphatic rings. The Morgan fingerprint density at radius 3 is 2.41 bits per heavy atom. The monoisotopic (exact) mass is 236 g/mol. The number of benzene rings is 1. The maximum absolute atomic E-state index is 9.67. The van der Waals surface area contributed by atoms with E-state index in [2.05, 4.69) is 0 Å². The first-order chi connectivity index (χ1) is 8.30. The third-order valence-corrected chi connectivity index (χ3v) is 3.63. The fraction of sp³-hybridized carbons (Fsp3) is 0.571. The maximum Gasteiger partial charge on any atom is 0.0586 e. The zero-order valence-corrected chi connectivity index (χ0v) is 10.0. The molecule has 3 heteroatoms. The molecule has 1 aromatic rings. The minimum Gasteiger partial charge on any atom is -0.395 e. The summed E-state index contributed by atoms with van der Waals surface area (Å²) in [7, 11) is 0. The van der Waals surface area contributed by atoms with Gasteiger partial charge in [0.1, 0.15) is 0 Å². The number of hydrogen-bond acceptors (Lipinski definition) is 3. The van der Waals surface area contributed by atoms with E-state index in [1.807, 2.05) is 30.3 Å². The molecule has 94 valence electrons. The van der Waals surface area contributed by atoms with Crippen LogP contribution in [0.15, 0.2) is 30.3 Å². The average Bonchev–Trinajstić information content (AvgIpc) is 2.90. The Bertz CT molecular complexity index is 327. The van der Waals surface area contributed by atoms with E-state index in [4.69, 9.17) is 4.74 Å². The van der Waals surface area contributed by atoms with Gasteiger partial charge in [-0.05, 0) is 24.8 Å². The molecule has 0 aliphatic carbocycles. The first-order valence-electron chi connectivity index (χ1n) is 6.19. The second-order valence-corrected chi connectivity index (χ2v) is 4.80.